The van der Waals surface area contributed by atoms with Crippen molar-refractivity contribution < 1.29 is 9.53 Å². The average Bonchev–Trinajstić information content (AvgIpc) is 2.02. The van der Waals surface area contributed by atoms with Gasteiger partial charge in [-0.05, 0) is 20.8 Å². The molecule has 0 saturated heterocycles. The second kappa shape index (κ2) is 4.93. The number of carbonyl (C=O) groups is 1. The summed E-state index contributed by atoms with van der Waals surface area (Å²) in [4.78, 5) is 18.9. The van der Waals surface area contributed by atoms with Crippen LogP contribution in [0.1, 0.15) is 31.4 Å². The van der Waals surface area contributed by atoms with Crippen LogP contribution in [-0.4, -0.2) is 21.5 Å². The normalized spacial score (nSPS) is 10.3. The number of rotatable bonds is 1. The molecule has 0 amide bonds. The van der Waals surface area contributed by atoms with Gasteiger partial charge in [0.15, 0.2) is 0 Å². The molecule has 0 atom stereocenters. The van der Waals surface area contributed by atoms with E-state index in [1.807, 2.05) is 0 Å². The maximum atomic E-state index is 11.4. The molecule has 0 fully saturated rings. The highest BCUT2D eigenvalue weighted by atomic mass is 35.5. The summed E-state index contributed by atoms with van der Waals surface area (Å²) >= 11 is 0. The molecular weight excluding hydrogens is 218 g/mol. The van der Waals surface area contributed by atoms with Gasteiger partial charge in [-0.25, -0.2) is 14.8 Å². The molecule has 0 aromatic carbocycles. The first-order valence-electron chi connectivity index (χ1n) is 4.19. The van der Waals surface area contributed by atoms with Gasteiger partial charge in [0.1, 0.15) is 5.60 Å². The Bertz CT molecular complexity index is 332. The Morgan fingerprint density at radius 3 is 2.20 bits per heavy atom. The van der Waals surface area contributed by atoms with E-state index in [4.69, 9.17) is 10.5 Å². The Morgan fingerprint density at radius 2 is 1.80 bits per heavy atom. The van der Waals surface area contributed by atoms with Crippen molar-refractivity contribution >= 4 is 24.1 Å². The van der Waals surface area contributed by atoms with Gasteiger partial charge >= 0.3 is 5.97 Å². The zero-order chi connectivity index (χ0) is 10.8. The number of carbonyl (C=O) groups excluding carboxylic acids is 1. The first-order chi connectivity index (χ1) is 6.38. The zero-order valence-corrected chi connectivity index (χ0v) is 9.67. The highest BCUT2D eigenvalue weighted by Gasteiger charge is 2.19. The highest BCUT2D eigenvalue weighted by molar-refractivity contribution is 5.85. The van der Waals surface area contributed by atoms with E-state index in [0.29, 0.717) is 5.69 Å². The molecule has 0 bridgehead atoms. The molecule has 84 valence electrons. The van der Waals surface area contributed by atoms with Gasteiger partial charge in [-0.15, -0.1) is 12.4 Å². The van der Waals surface area contributed by atoms with Gasteiger partial charge in [0.25, 0.3) is 0 Å². The maximum absolute atomic E-state index is 11.4. The Hall–Kier alpha value is -1.36. The Labute approximate surface area is 94.5 Å². The molecule has 2 N–H and O–H groups in total. The standard InChI is InChI=1S/C9H13N3O2.ClH/c1-9(2,3)14-8(13)7-11-4-6(10)5-12-7;/h4-5H,10H2,1-3H3;1H. The quantitative estimate of drug-likeness (QED) is 0.740. The van der Waals surface area contributed by atoms with E-state index >= 15 is 0 Å². The number of esters is 1. The predicted octanol–water partition coefficient (Wildman–Crippen LogP) is 1.44. The third-order valence-corrected chi connectivity index (χ3v) is 1.25. The van der Waals surface area contributed by atoms with Gasteiger partial charge in [0, 0.05) is 0 Å². The summed E-state index contributed by atoms with van der Waals surface area (Å²) in [6.45, 7) is 5.34. The number of nitrogen functional groups attached to an aromatic ring is 1. The van der Waals surface area contributed by atoms with E-state index < -0.39 is 11.6 Å². The maximum Gasteiger partial charge on any atom is 0.376 e. The summed E-state index contributed by atoms with van der Waals surface area (Å²) in [7, 11) is 0. The van der Waals surface area contributed by atoms with Crippen LogP contribution in [0.3, 0.4) is 0 Å². The van der Waals surface area contributed by atoms with Crippen molar-refractivity contribution in [3.63, 3.8) is 0 Å². The number of ether oxygens (including phenoxy) is 1. The van der Waals surface area contributed by atoms with Crippen molar-refractivity contribution in [2.45, 2.75) is 26.4 Å². The lowest BCUT2D eigenvalue weighted by molar-refractivity contribution is 0.00556. The van der Waals surface area contributed by atoms with Crippen LogP contribution >= 0.6 is 12.4 Å². The van der Waals surface area contributed by atoms with Gasteiger partial charge < -0.3 is 10.5 Å². The minimum atomic E-state index is -0.544. The van der Waals surface area contributed by atoms with Crippen LogP contribution in [0, 0.1) is 0 Å². The van der Waals surface area contributed by atoms with E-state index in [0.717, 1.165) is 0 Å². The highest BCUT2D eigenvalue weighted by Crippen LogP contribution is 2.09. The summed E-state index contributed by atoms with van der Waals surface area (Å²) in [5.41, 5.74) is 5.25. The number of halogens is 1. The van der Waals surface area contributed by atoms with Crippen LogP contribution in [0.2, 0.25) is 0 Å². The van der Waals surface area contributed by atoms with Crippen molar-refractivity contribution in [3.8, 4) is 0 Å². The van der Waals surface area contributed by atoms with Gasteiger partial charge in [0.05, 0.1) is 18.1 Å². The average molecular weight is 232 g/mol. The monoisotopic (exact) mass is 231 g/mol. The molecular formula is C9H14ClN3O2. The summed E-state index contributed by atoms with van der Waals surface area (Å²) in [6, 6.07) is 0. The van der Waals surface area contributed by atoms with Crippen molar-refractivity contribution in [3.05, 3.63) is 18.2 Å². The van der Waals surface area contributed by atoms with Gasteiger partial charge in [-0.3, -0.25) is 0 Å². The molecule has 5 nitrogen and oxygen atoms in total. The number of aromatic nitrogens is 2. The molecule has 0 radical (unpaired) electrons. The van der Waals surface area contributed by atoms with E-state index in [2.05, 4.69) is 9.97 Å². The van der Waals surface area contributed by atoms with Crippen LogP contribution in [0.5, 0.6) is 0 Å². The van der Waals surface area contributed by atoms with Crippen molar-refractivity contribution in [2.75, 3.05) is 5.73 Å². The zero-order valence-electron chi connectivity index (χ0n) is 8.85. The third-order valence-electron chi connectivity index (χ3n) is 1.25. The minimum absolute atomic E-state index is 0. The first kappa shape index (κ1) is 13.6. The molecule has 15 heavy (non-hydrogen) atoms. The Morgan fingerprint density at radius 1 is 1.33 bits per heavy atom. The van der Waals surface area contributed by atoms with Gasteiger partial charge in [-0.2, -0.15) is 0 Å². The summed E-state index contributed by atoms with van der Waals surface area (Å²) in [5.74, 6) is -0.522. The molecule has 1 heterocycles. The predicted molar refractivity (Wildman–Crippen MR) is 58.9 cm³/mol. The fraction of sp³-hybridized carbons (Fsp3) is 0.444. The van der Waals surface area contributed by atoms with E-state index in [9.17, 15) is 4.79 Å². The van der Waals surface area contributed by atoms with Crippen LogP contribution in [-0.2, 0) is 4.74 Å². The lowest BCUT2D eigenvalue weighted by Crippen LogP contribution is -2.25. The topological polar surface area (TPSA) is 78.1 Å². The SMILES string of the molecule is CC(C)(C)OC(=O)c1ncc(N)cn1.Cl. The van der Waals surface area contributed by atoms with E-state index in [-0.39, 0.29) is 18.2 Å². The van der Waals surface area contributed by atoms with Crippen molar-refractivity contribution in [2.24, 2.45) is 0 Å². The number of nitrogens with zero attached hydrogens (tertiary/aromatic N) is 2. The lowest BCUT2D eigenvalue weighted by atomic mass is 10.2. The van der Waals surface area contributed by atoms with Crippen LogP contribution in [0.4, 0.5) is 5.69 Å². The minimum Gasteiger partial charge on any atom is -0.454 e. The molecule has 1 aromatic heterocycles. The lowest BCUT2D eigenvalue weighted by Gasteiger charge is -2.18. The number of hydrogen-bond acceptors (Lipinski definition) is 5. The number of anilines is 1. The van der Waals surface area contributed by atoms with E-state index in [1.54, 1.807) is 20.8 Å². The second-order valence-corrected chi connectivity index (χ2v) is 3.84. The number of nitrogens with two attached hydrogens (primary N) is 1. The van der Waals surface area contributed by atoms with Crippen molar-refractivity contribution in [1.82, 2.24) is 9.97 Å². The summed E-state index contributed by atoms with van der Waals surface area (Å²) < 4.78 is 5.06. The fourth-order valence-corrected chi connectivity index (χ4v) is 0.767. The van der Waals surface area contributed by atoms with Crippen LogP contribution in [0.25, 0.3) is 0 Å². The molecule has 0 saturated carbocycles. The van der Waals surface area contributed by atoms with Gasteiger partial charge in [-0.1, -0.05) is 0 Å². The Balaban J connectivity index is 0.00000196. The Kier molecular flexibility index (Phi) is 4.48. The molecule has 6 heteroatoms. The molecule has 0 aliphatic rings. The first-order valence-corrected chi connectivity index (χ1v) is 4.19. The van der Waals surface area contributed by atoms with Crippen molar-refractivity contribution in [1.29, 1.82) is 0 Å². The molecule has 0 aliphatic carbocycles. The molecule has 0 spiro atoms. The smallest absolute Gasteiger partial charge is 0.376 e. The van der Waals surface area contributed by atoms with Gasteiger partial charge in [0.2, 0.25) is 5.82 Å². The van der Waals surface area contributed by atoms with E-state index in [1.165, 1.54) is 12.4 Å². The van der Waals surface area contributed by atoms with Crippen LogP contribution < -0.4 is 5.73 Å². The summed E-state index contributed by atoms with van der Waals surface area (Å²) in [5, 5.41) is 0. The third kappa shape index (κ3) is 4.60. The largest absolute Gasteiger partial charge is 0.454 e. The van der Waals surface area contributed by atoms with Crippen LogP contribution in [0.15, 0.2) is 12.4 Å². The second-order valence-electron chi connectivity index (χ2n) is 3.84. The molecule has 0 unspecified atom stereocenters. The summed E-state index contributed by atoms with van der Waals surface area (Å²) in [6.07, 6.45) is 2.73. The molecule has 0 aliphatic heterocycles. The molecule has 1 rings (SSSR count). The molecule has 1 aromatic rings. The number of hydrogen-bond donors (Lipinski definition) is 1. The fourth-order valence-electron chi connectivity index (χ4n) is 0.767.